The van der Waals surface area contributed by atoms with E-state index in [0.29, 0.717) is 23.5 Å². The standard InChI is InChI=1S/C12H20N2O2/c1-4-5-6-7-8-12-11(3)13(15)9-10(2)14(12)16/h9H,4-8H2,1-3H3. The lowest BCUT2D eigenvalue weighted by Crippen LogP contribution is -2.25. The molecule has 0 radical (unpaired) electrons. The molecule has 1 rings (SSSR count). The number of aromatic nitrogens is 2. The molecule has 1 aromatic rings. The average Bonchev–Trinajstić information content (AvgIpc) is 2.25. The van der Waals surface area contributed by atoms with Gasteiger partial charge in [0, 0.05) is 11.8 Å². The lowest BCUT2D eigenvalue weighted by Gasteiger charge is -2.18. The molecule has 16 heavy (non-hydrogen) atoms. The second-order valence-corrected chi connectivity index (χ2v) is 4.23. The molecule has 0 aliphatic heterocycles. The summed E-state index contributed by atoms with van der Waals surface area (Å²) in [5, 5.41) is 11.8. The normalized spacial score (nSPS) is 10.7. The third-order valence-electron chi connectivity index (χ3n) is 2.88. The number of unbranched alkanes of at least 4 members (excludes halogenated alkanes) is 3. The Hall–Kier alpha value is -1.32. The van der Waals surface area contributed by atoms with E-state index in [2.05, 4.69) is 6.92 Å². The molecule has 0 aliphatic rings. The van der Waals surface area contributed by atoms with Crippen LogP contribution in [-0.2, 0) is 6.42 Å². The molecule has 0 saturated carbocycles. The summed E-state index contributed by atoms with van der Waals surface area (Å²) in [6.45, 7) is 5.52. The van der Waals surface area contributed by atoms with Gasteiger partial charge in [-0.1, -0.05) is 26.2 Å². The van der Waals surface area contributed by atoms with Gasteiger partial charge < -0.3 is 9.94 Å². The molecular weight excluding hydrogens is 204 g/mol. The minimum absolute atomic E-state index is 0.464. The molecule has 1 aromatic heterocycles. The molecule has 0 amide bonds. The Balaban J connectivity index is 2.82. The fraction of sp³-hybridized carbons (Fsp3) is 0.667. The van der Waals surface area contributed by atoms with Crippen LogP contribution in [0.4, 0.5) is 0 Å². The molecule has 0 N–H and O–H groups in total. The van der Waals surface area contributed by atoms with Gasteiger partial charge in [-0.25, -0.2) is 0 Å². The third kappa shape index (κ3) is 2.84. The maximum absolute atomic E-state index is 11.8. The first kappa shape index (κ1) is 12.7. The lowest BCUT2D eigenvalue weighted by atomic mass is 10.1. The molecule has 1 heterocycles. The Labute approximate surface area is 96.1 Å². The summed E-state index contributed by atoms with van der Waals surface area (Å²) >= 11 is 0. The van der Waals surface area contributed by atoms with Gasteiger partial charge in [-0.2, -0.15) is 0 Å². The van der Waals surface area contributed by atoms with E-state index in [1.165, 1.54) is 19.0 Å². The van der Waals surface area contributed by atoms with Gasteiger partial charge in [0.2, 0.25) is 6.20 Å². The fourth-order valence-corrected chi connectivity index (χ4v) is 1.81. The van der Waals surface area contributed by atoms with Crippen LogP contribution in [0.1, 0.15) is 49.7 Å². The minimum atomic E-state index is 0.464. The number of aryl methyl sites for hydroxylation is 1. The van der Waals surface area contributed by atoms with Crippen LogP contribution in [0.2, 0.25) is 0 Å². The smallest absolute Gasteiger partial charge is 0.255 e. The first-order chi connectivity index (χ1) is 7.57. The predicted molar refractivity (Wildman–Crippen MR) is 63.9 cm³/mol. The summed E-state index contributed by atoms with van der Waals surface area (Å²) in [6, 6.07) is 0. The molecule has 0 bridgehead atoms. The monoisotopic (exact) mass is 224 g/mol. The van der Waals surface area contributed by atoms with E-state index >= 15 is 0 Å². The van der Waals surface area contributed by atoms with Crippen LogP contribution >= 0.6 is 0 Å². The molecule has 0 saturated heterocycles. The van der Waals surface area contributed by atoms with Gasteiger partial charge in [-0.3, -0.25) is 0 Å². The number of rotatable bonds is 5. The molecule has 0 aromatic carbocycles. The Kier molecular flexibility index (Phi) is 4.52. The summed E-state index contributed by atoms with van der Waals surface area (Å²) in [5.74, 6) is 0. The molecule has 0 spiro atoms. The van der Waals surface area contributed by atoms with Gasteiger partial charge in [0.05, 0.1) is 15.8 Å². The van der Waals surface area contributed by atoms with Crippen molar-refractivity contribution >= 4 is 0 Å². The number of hydrogen-bond donors (Lipinski definition) is 0. The minimum Gasteiger partial charge on any atom is -0.805 e. The highest BCUT2D eigenvalue weighted by Crippen LogP contribution is 2.10. The van der Waals surface area contributed by atoms with Crippen molar-refractivity contribution in [3.8, 4) is 0 Å². The van der Waals surface area contributed by atoms with Crippen molar-refractivity contribution in [2.75, 3.05) is 0 Å². The molecule has 0 atom stereocenters. The summed E-state index contributed by atoms with van der Waals surface area (Å²) in [4.78, 5) is 11.5. The Morgan fingerprint density at radius 3 is 2.62 bits per heavy atom. The van der Waals surface area contributed by atoms with Gasteiger partial charge >= 0.3 is 0 Å². The van der Waals surface area contributed by atoms with Gasteiger partial charge in [-0.05, 0) is 19.8 Å². The zero-order valence-corrected chi connectivity index (χ0v) is 10.3. The molecule has 0 unspecified atom stereocenters. The van der Waals surface area contributed by atoms with Crippen LogP contribution in [0, 0.1) is 24.0 Å². The highest BCUT2D eigenvalue weighted by Gasteiger charge is 2.12. The van der Waals surface area contributed by atoms with Crippen LogP contribution in [0.3, 0.4) is 0 Å². The molecular formula is C12H20N2O2. The van der Waals surface area contributed by atoms with Crippen LogP contribution in [0.15, 0.2) is 6.20 Å². The molecule has 0 aliphatic carbocycles. The van der Waals surface area contributed by atoms with E-state index < -0.39 is 0 Å². The van der Waals surface area contributed by atoms with E-state index in [1.54, 1.807) is 13.8 Å². The second kappa shape index (κ2) is 5.68. The third-order valence-corrected chi connectivity index (χ3v) is 2.88. The van der Waals surface area contributed by atoms with E-state index in [9.17, 15) is 10.1 Å². The van der Waals surface area contributed by atoms with E-state index in [-0.39, 0.29) is 0 Å². The second-order valence-electron chi connectivity index (χ2n) is 4.23. The van der Waals surface area contributed by atoms with Crippen molar-refractivity contribution in [3.05, 3.63) is 33.4 Å². The van der Waals surface area contributed by atoms with Crippen LogP contribution in [0.5, 0.6) is 0 Å². The zero-order valence-electron chi connectivity index (χ0n) is 10.3. The van der Waals surface area contributed by atoms with Crippen LogP contribution in [-0.4, -0.2) is 4.73 Å². The maximum atomic E-state index is 11.8. The Morgan fingerprint density at radius 2 is 2.00 bits per heavy atom. The summed E-state index contributed by atoms with van der Waals surface area (Å²) < 4.78 is 1.68. The van der Waals surface area contributed by atoms with Gasteiger partial charge in [0.1, 0.15) is 0 Å². The molecule has 4 heteroatoms. The van der Waals surface area contributed by atoms with E-state index in [4.69, 9.17) is 0 Å². The zero-order chi connectivity index (χ0) is 12.1. The predicted octanol–water partition coefficient (Wildman–Crippen LogP) is 2.49. The van der Waals surface area contributed by atoms with Crippen LogP contribution in [0.25, 0.3) is 0 Å². The van der Waals surface area contributed by atoms with Crippen molar-refractivity contribution in [3.63, 3.8) is 0 Å². The largest absolute Gasteiger partial charge is 0.805 e. The highest BCUT2D eigenvalue weighted by atomic mass is 16.5. The van der Waals surface area contributed by atoms with Gasteiger partial charge in [0.25, 0.3) is 5.69 Å². The SMILES string of the molecule is CCCCCCc1c(C)[n+](=O)cc(C)n1[O-]. The quantitative estimate of drug-likeness (QED) is 0.570. The average molecular weight is 224 g/mol. The molecule has 4 nitrogen and oxygen atoms in total. The molecule has 90 valence electrons. The van der Waals surface area contributed by atoms with Gasteiger partial charge in [0.15, 0.2) is 0 Å². The summed E-state index contributed by atoms with van der Waals surface area (Å²) in [6.07, 6.45) is 6.47. The first-order valence-corrected chi connectivity index (χ1v) is 5.89. The van der Waals surface area contributed by atoms with Gasteiger partial charge in [-0.15, -0.1) is 0 Å². The summed E-state index contributed by atoms with van der Waals surface area (Å²) in [7, 11) is 0. The maximum Gasteiger partial charge on any atom is 0.255 e. The Morgan fingerprint density at radius 1 is 1.31 bits per heavy atom. The number of hydrogen-bond acceptors (Lipinski definition) is 2. The lowest BCUT2D eigenvalue weighted by molar-refractivity contribution is -0.504. The van der Waals surface area contributed by atoms with Crippen molar-refractivity contribution < 1.29 is 4.43 Å². The van der Waals surface area contributed by atoms with Crippen molar-refractivity contribution in [1.29, 1.82) is 0 Å². The molecule has 0 fully saturated rings. The number of nitrogens with zero attached hydrogens (tertiary/aromatic N) is 2. The van der Waals surface area contributed by atoms with Crippen LogP contribution < -0.4 is 4.43 Å². The van der Waals surface area contributed by atoms with Crippen molar-refractivity contribution in [2.24, 2.45) is 0 Å². The van der Waals surface area contributed by atoms with Crippen molar-refractivity contribution in [2.45, 2.75) is 52.9 Å². The highest BCUT2D eigenvalue weighted by molar-refractivity contribution is 5.11. The van der Waals surface area contributed by atoms with E-state index in [1.807, 2.05) is 0 Å². The van der Waals surface area contributed by atoms with E-state index in [0.717, 1.165) is 22.0 Å². The first-order valence-electron chi connectivity index (χ1n) is 5.89. The topological polar surface area (TPSA) is 51.0 Å². The van der Waals surface area contributed by atoms with Crippen molar-refractivity contribution in [1.82, 2.24) is 4.73 Å². The summed E-state index contributed by atoms with van der Waals surface area (Å²) in [5.41, 5.74) is 1.61. The Bertz CT molecular complexity index is 410. The fourth-order valence-electron chi connectivity index (χ4n) is 1.81.